The summed E-state index contributed by atoms with van der Waals surface area (Å²) in [6, 6.07) is 6.20. The molecule has 23 heavy (non-hydrogen) atoms. The predicted molar refractivity (Wildman–Crippen MR) is 88.6 cm³/mol. The number of anilines is 2. The first-order chi connectivity index (χ1) is 11.1. The third-order valence-electron chi connectivity index (χ3n) is 3.93. The molecule has 0 bridgehead atoms. The van der Waals surface area contributed by atoms with Crippen LogP contribution < -0.4 is 15.5 Å². The van der Waals surface area contributed by atoms with Crippen molar-refractivity contribution in [2.75, 3.05) is 36.0 Å². The largest absolute Gasteiger partial charge is 0.367 e. The number of pyridine rings is 1. The normalized spacial score (nSPS) is 14.9. The molecule has 2 heterocycles. The number of benzene rings is 1. The molecular weight excluding hydrogens is 319 g/mol. The Bertz CT molecular complexity index is 732. The van der Waals surface area contributed by atoms with Gasteiger partial charge in [-0.1, -0.05) is 11.6 Å². The lowest BCUT2D eigenvalue weighted by Gasteiger charge is -2.38. The molecule has 1 aromatic carbocycles. The molecule has 2 aromatic rings. The summed E-state index contributed by atoms with van der Waals surface area (Å²) in [5.74, 6) is -0.836. The second-order valence-corrected chi connectivity index (χ2v) is 5.73. The van der Waals surface area contributed by atoms with Crippen LogP contribution in [-0.2, 0) is 0 Å². The first-order valence-corrected chi connectivity index (χ1v) is 7.63. The molecule has 1 aliphatic rings. The van der Waals surface area contributed by atoms with Gasteiger partial charge in [0, 0.05) is 38.6 Å². The number of carbonyl (C=O) groups excluding carboxylic acids is 1. The fraction of sp³-hybridized carbons (Fsp3) is 0.250. The van der Waals surface area contributed by atoms with Crippen molar-refractivity contribution in [2.24, 2.45) is 5.73 Å². The van der Waals surface area contributed by atoms with Crippen LogP contribution in [0.25, 0.3) is 0 Å². The van der Waals surface area contributed by atoms with E-state index in [1.54, 1.807) is 18.3 Å². The molecule has 7 heteroatoms. The standard InChI is InChI=1S/C16H16ClFN4O/c17-13-9-11(18)1-2-15(13)22-7-5-21(6-8-22)14-3-4-20-10-12(14)16(19)23/h1-4,9-10H,5-8H2,(H2,19,23). The lowest BCUT2D eigenvalue weighted by Crippen LogP contribution is -2.47. The predicted octanol–water partition coefficient (Wildman–Crippen LogP) is 2.30. The Hall–Kier alpha value is -2.34. The second kappa shape index (κ2) is 6.42. The Morgan fingerprint density at radius 2 is 1.78 bits per heavy atom. The van der Waals surface area contributed by atoms with Crippen LogP contribution in [-0.4, -0.2) is 37.1 Å². The average Bonchev–Trinajstić information content (AvgIpc) is 2.55. The zero-order valence-electron chi connectivity index (χ0n) is 12.4. The molecule has 3 rings (SSSR count). The fourth-order valence-electron chi connectivity index (χ4n) is 2.78. The van der Waals surface area contributed by atoms with E-state index in [1.165, 1.54) is 18.3 Å². The minimum absolute atomic E-state index is 0.347. The molecular formula is C16H16ClFN4O. The van der Waals surface area contributed by atoms with Crippen LogP contribution in [0.4, 0.5) is 15.8 Å². The molecule has 1 saturated heterocycles. The molecule has 5 nitrogen and oxygen atoms in total. The van der Waals surface area contributed by atoms with E-state index in [-0.39, 0.29) is 5.82 Å². The molecule has 1 fully saturated rings. The Labute approximate surface area is 138 Å². The van der Waals surface area contributed by atoms with Crippen LogP contribution in [0.5, 0.6) is 0 Å². The Morgan fingerprint density at radius 3 is 2.39 bits per heavy atom. The van der Waals surface area contributed by atoms with E-state index in [2.05, 4.69) is 14.8 Å². The van der Waals surface area contributed by atoms with Gasteiger partial charge in [0.15, 0.2) is 0 Å². The van der Waals surface area contributed by atoms with Gasteiger partial charge in [-0.2, -0.15) is 0 Å². The number of hydrogen-bond donors (Lipinski definition) is 1. The van der Waals surface area contributed by atoms with Gasteiger partial charge in [0.05, 0.1) is 22.0 Å². The Balaban J connectivity index is 1.75. The maximum absolute atomic E-state index is 13.2. The van der Waals surface area contributed by atoms with Crippen molar-refractivity contribution in [2.45, 2.75) is 0 Å². The highest BCUT2D eigenvalue weighted by Crippen LogP contribution is 2.28. The number of aromatic nitrogens is 1. The van der Waals surface area contributed by atoms with Crippen molar-refractivity contribution in [1.82, 2.24) is 4.98 Å². The topological polar surface area (TPSA) is 62.5 Å². The molecule has 0 spiro atoms. The van der Waals surface area contributed by atoms with E-state index in [0.717, 1.165) is 11.4 Å². The van der Waals surface area contributed by atoms with Crippen LogP contribution in [0.2, 0.25) is 5.02 Å². The zero-order chi connectivity index (χ0) is 16.4. The van der Waals surface area contributed by atoms with E-state index in [1.807, 2.05) is 0 Å². The number of nitrogens with two attached hydrogens (primary N) is 1. The quantitative estimate of drug-likeness (QED) is 0.935. The fourth-order valence-corrected chi connectivity index (χ4v) is 3.07. The molecule has 0 unspecified atom stereocenters. The number of halogens is 2. The van der Waals surface area contributed by atoms with Gasteiger partial charge in [-0.3, -0.25) is 9.78 Å². The average molecular weight is 335 g/mol. The minimum atomic E-state index is -0.489. The first kappa shape index (κ1) is 15.6. The number of nitrogens with zero attached hydrogens (tertiary/aromatic N) is 3. The maximum Gasteiger partial charge on any atom is 0.252 e. The van der Waals surface area contributed by atoms with Crippen LogP contribution >= 0.6 is 11.6 Å². The first-order valence-electron chi connectivity index (χ1n) is 7.25. The molecule has 1 amide bonds. The lowest BCUT2D eigenvalue weighted by atomic mass is 10.1. The van der Waals surface area contributed by atoms with Gasteiger partial charge in [0.25, 0.3) is 5.91 Å². The summed E-state index contributed by atoms with van der Waals surface area (Å²) in [6.07, 6.45) is 3.13. The monoisotopic (exact) mass is 334 g/mol. The number of rotatable bonds is 3. The molecule has 0 radical (unpaired) electrons. The highest BCUT2D eigenvalue weighted by atomic mass is 35.5. The Kier molecular flexibility index (Phi) is 4.34. The highest BCUT2D eigenvalue weighted by molar-refractivity contribution is 6.33. The lowest BCUT2D eigenvalue weighted by molar-refractivity contribution is 0.100. The summed E-state index contributed by atoms with van der Waals surface area (Å²) in [6.45, 7) is 2.84. The van der Waals surface area contributed by atoms with Crippen molar-refractivity contribution in [3.8, 4) is 0 Å². The van der Waals surface area contributed by atoms with E-state index in [4.69, 9.17) is 17.3 Å². The van der Waals surface area contributed by atoms with E-state index >= 15 is 0 Å². The van der Waals surface area contributed by atoms with Gasteiger partial charge in [0.1, 0.15) is 5.82 Å². The molecule has 2 N–H and O–H groups in total. The smallest absolute Gasteiger partial charge is 0.252 e. The van der Waals surface area contributed by atoms with Gasteiger partial charge in [-0.05, 0) is 24.3 Å². The van der Waals surface area contributed by atoms with Crippen LogP contribution in [0.1, 0.15) is 10.4 Å². The minimum Gasteiger partial charge on any atom is -0.367 e. The van der Waals surface area contributed by atoms with Crippen molar-refractivity contribution in [3.05, 3.63) is 53.1 Å². The molecule has 0 atom stereocenters. The summed E-state index contributed by atoms with van der Waals surface area (Å²) in [4.78, 5) is 19.7. The second-order valence-electron chi connectivity index (χ2n) is 5.33. The zero-order valence-corrected chi connectivity index (χ0v) is 13.1. The summed E-state index contributed by atoms with van der Waals surface area (Å²) in [7, 11) is 0. The van der Waals surface area contributed by atoms with Gasteiger partial charge in [-0.15, -0.1) is 0 Å². The van der Waals surface area contributed by atoms with Crippen LogP contribution in [0.15, 0.2) is 36.7 Å². The highest BCUT2D eigenvalue weighted by Gasteiger charge is 2.22. The molecule has 0 saturated carbocycles. The third-order valence-corrected chi connectivity index (χ3v) is 4.24. The number of hydrogen-bond acceptors (Lipinski definition) is 4. The third kappa shape index (κ3) is 3.22. The summed E-state index contributed by atoms with van der Waals surface area (Å²) in [5.41, 5.74) is 7.43. The maximum atomic E-state index is 13.2. The van der Waals surface area contributed by atoms with E-state index in [9.17, 15) is 9.18 Å². The number of primary amides is 1. The van der Waals surface area contributed by atoms with Crippen molar-refractivity contribution < 1.29 is 9.18 Å². The number of carbonyl (C=O) groups is 1. The van der Waals surface area contributed by atoms with Crippen molar-refractivity contribution in [1.29, 1.82) is 0 Å². The SMILES string of the molecule is NC(=O)c1cnccc1N1CCN(c2ccc(F)cc2Cl)CC1. The summed E-state index contributed by atoms with van der Waals surface area (Å²) in [5, 5.41) is 0.403. The molecule has 0 aliphatic carbocycles. The van der Waals surface area contributed by atoms with Gasteiger partial charge in [-0.25, -0.2) is 4.39 Å². The van der Waals surface area contributed by atoms with Gasteiger partial charge < -0.3 is 15.5 Å². The van der Waals surface area contributed by atoms with Crippen LogP contribution in [0, 0.1) is 5.82 Å². The van der Waals surface area contributed by atoms with E-state index in [0.29, 0.717) is 36.8 Å². The van der Waals surface area contributed by atoms with Crippen molar-refractivity contribution >= 4 is 28.9 Å². The van der Waals surface area contributed by atoms with E-state index < -0.39 is 5.91 Å². The number of amides is 1. The molecule has 1 aliphatic heterocycles. The van der Waals surface area contributed by atoms with Gasteiger partial charge >= 0.3 is 0 Å². The number of piperazine rings is 1. The summed E-state index contributed by atoms with van der Waals surface area (Å²) < 4.78 is 13.2. The molecule has 120 valence electrons. The Morgan fingerprint density at radius 1 is 1.13 bits per heavy atom. The summed E-state index contributed by atoms with van der Waals surface area (Å²) >= 11 is 6.12. The molecule has 1 aromatic heterocycles. The van der Waals surface area contributed by atoms with Crippen molar-refractivity contribution in [3.63, 3.8) is 0 Å². The van der Waals surface area contributed by atoms with Crippen LogP contribution in [0.3, 0.4) is 0 Å². The van der Waals surface area contributed by atoms with Gasteiger partial charge in [0.2, 0.25) is 0 Å².